The number of rotatable bonds is 7. The van der Waals surface area contributed by atoms with Crippen LogP contribution in [0.25, 0.3) is 11.1 Å². The number of aliphatic carboxylic acids is 1. The molecular weight excluding hydrogens is 438 g/mol. The van der Waals surface area contributed by atoms with E-state index in [9.17, 15) is 23.2 Å². The predicted octanol–water partition coefficient (Wildman–Crippen LogP) is 2.52. The van der Waals surface area contributed by atoms with Crippen LogP contribution in [0, 0.1) is 0 Å². The first-order chi connectivity index (χ1) is 15.7. The van der Waals surface area contributed by atoms with Crippen molar-refractivity contribution in [2.24, 2.45) is 0 Å². The third-order valence-corrected chi connectivity index (χ3v) is 5.93. The van der Waals surface area contributed by atoms with E-state index < -0.39 is 36.0 Å². The highest BCUT2D eigenvalue weighted by atomic mass is 19.3. The van der Waals surface area contributed by atoms with Gasteiger partial charge in [0.15, 0.2) is 0 Å². The molecule has 1 aliphatic carbocycles. The molecule has 1 fully saturated rings. The number of carboxylic acids is 1. The maximum absolute atomic E-state index is 13.4. The first-order valence-electron chi connectivity index (χ1n) is 10.3. The molecule has 0 radical (unpaired) electrons. The van der Waals surface area contributed by atoms with Crippen LogP contribution in [0.15, 0.2) is 48.5 Å². The third-order valence-electron chi connectivity index (χ3n) is 5.93. The first-order valence-corrected chi connectivity index (χ1v) is 10.3. The summed E-state index contributed by atoms with van der Waals surface area (Å²) in [5, 5.41) is 12.9. The highest BCUT2D eigenvalue weighted by molar-refractivity contribution is 5.91. The summed E-state index contributed by atoms with van der Waals surface area (Å²) in [5.74, 6) is -7.65. The number of benzene rings is 2. The zero-order chi connectivity index (χ0) is 23.6. The molecule has 1 heterocycles. The van der Waals surface area contributed by atoms with Gasteiger partial charge in [-0.15, -0.1) is 0 Å². The summed E-state index contributed by atoms with van der Waals surface area (Å²) in [4.78, 5) is 35.7. The summed E-state index contributed by atoms with van der Waals surface area (Å²) in [6, 6.07) is 15.6. The molecule has 1 atom stereocenters. The van der Waals surface area contributed by atoms with Gasteiger partial charge in [-0.2, -0.15) is 8.78 Å². The largest absolute Gasteiger partial charge is 0.477 e. The smallest absolute Gasteiger partial charge is 0.408 e. The van der Waals surface area contributed by atoms with Gasteiger partial charge < -0.3 is 25.2 Å². The Morgan fingerprint density at radius 3 is 2.24 bits per heavy atom. The van der Waals surface area contributed by atoms with Crippen LogP contribution in [0.3, 0.4) is 0 Å². The molecule has 2 aliphatic rings. The number of carboxylic acid groups (broad SMARTS) is 1. The van der Waals surface area contributed by atoms with E-state index in [1.807, 2.05) is 53.8 Å². The van der Waals surface area contributed by atoms with Gasteiger partial charge >= 0.3 is 18.0 Å². The van der Waals surface area contributed by atoms with Gasteiger partial charge in [-0.25, -0.2) is 9.59 Å². The van der Waals surface area contributed by atoms with Gasteiger partial charge in [-0.1, -0.05) is 48.5 Å². The van der Waals surface area contributed by atoms with E-state index in [4.69, 9.17) is 14.6 Å². The van der Waals surface area contributed by atoms with E-state index >= 15 is 0 Å². The topological polar surface area (TPSA) is 114 Å². The van der Waals surface area contributed by atoms with E-state index in [0.717, 1.165) is 22.3 Å². The number of hydrogen-bond donors (Lipinski definition) is 3. The molecule has 3 N–H and O–H groups in total. The number of carbonyl (C=O) groups is 3. The molecule has 33 heavy (non-hydrogen) atoms. The predicted molar refractivity (Wildman–Crippen MR) is 112 cm³/mol. The minimum absolute atomic E-state index is 0.00943. The van der Waals surface area contributed by atoms with Gasteiger partial charge in [0.2, 0.25) is 5.91 Å². The second-order valence-corrected chi connectivity index (χ2v) is 8.03. The fraction of sp³-hybridized carbons (Fsp3) is 0.348. The van der Waals surface area contributed by atoms with Crippen molar-refractivity contribution in [2.75, 3.05) is 26.4 Å². The van der Waals surface area contributed by atoms with Gasteiger partial charge in [0.25, 0.3) is 0 Å². The third kappa shape index (κ3) is 4.38. The van der Waals surface area contributed by atoms with Crippen molar-refractivity contribution in [1.82, 2.24) is 10.6 Å². The average molecular weight is 460 g/mol. The van der Waals surface area contributed by atoms with Crippen molar-refractivity contribution in [2.45, 2.75) is 23.8 Å². The van der Waals surface area contributed by atoms with Crippen molar-refractivity contribution >= 4 is 18.0 Å². The number of ether oxygens (including phenoxy) is 2. The number of halogens is 2. The standard InChI is InChI=1S/C23H22F2N2O6/c24-23(25,20(29)30)12-26-19(28)22(9-10-32-13-22)27-21(31)33-11-18-16-7-3-1-5-14(16)15-6-2-4-8-17(15)18/h1-8,18H,9-13H2,(H,26,28)(H,27,31)(H,29,30). The minimum atomic E-state index is -4.14. The Kier molecular flexibility index (Phi) is 6.03. The summed E-state index contributed by atoms with van der Waals surface area (Å²) < 4.78 is 37.3. The van der Waals surface area contributed by atoms with Crippen molar-refractivity contribution < 1.29 is 37.7 Å². The van der Waals surface area contributed by atoms with Crippen molar-refractivity contribution in [3.63, 3.8) is 0 Å². The summed E-state index contributed by atoms with van der Waals surface area (Å²) in [5.41, 5.74) is 2.51. The molecule has 1 unspecified atom stereocenters. The summed E-state index contributed by atoms with van der Waals surface area (Å²) in [7, 11) is 0. The first kappa shape index (κ1) is 22.7. The lowest BCUT2D eigenvalue weighted by Crippen LogP contribution is -2.61. The number of hydrogen-bond acceptors (Lipinski definition) is 5. The number of fused-ring (bicyclic) bond motifs is 3. The molecule has 2 aromatic rings. The van der Waals surface area contributed by atoms with E-state index in [1.165, 1.54) is 0 Å². The van der Waals surface area contributed by atoms with Crippen molar-refractivity contribution in [3.8, 4) is 11.1 Å². The lowest BCUT2D eigenvalue weighted by atomic mass is 9.97. The van der Waals surface area contributed by atoms with Crippen molar-refractivity contribution in [3.05, 3.63) is 59.7 Å². The average Bonchev–Trinajstić information content (AvgIpc) is 3.39. The molecule has 2 amide bonds. The molecule has 0 bridgehead atoms. The van der Waals surface area contributed by atoms with Crippen LogP contribution in [0.1, 0.15) is 23.5 Å². The zero-order valence-electron chi connectivity index (χ0n) is 17.5. The van der Waals surface area contributed by atoms with Crippen LogP contribution in [-0.2, 0) is 19.1 Å². The van der Waals surface area contributed by atoms with E-state index in [1.54, 1.807) is 0 Å². The van der Waals surface area contributed by atoms with E-state index in [-0.39, 0.29) is 32.2 Å². The van der Waals surface area contributed by atoms with Crippen LogP contribution < -0.4 is 10.6 Å². The van der Waals surface area contributed by atoms with Crippen LogP contribution in [-0.4, -0.2) is 60.9 Å². The van der Waals surface area contributed by atoms with Gasteiger partial charge in [-0.3, -0.25) is 4.79 Å². The molecule has 0 saturated carbocycles. The Labute approximate surface area is 187 Å². The SMILES string of the molecule is O=C(NC1(C(=O)NCC(F)(F)C(=O)O)CCOC1)OCC1c2ccccc2-c2ccccc21. The zero-order valence-corrected chi connectivity index (χ0v) is 17.5. The minimum Gasteiger partial charge on any atom is -0.477 e. The fourth-order valence-corrected chi connectivity index (χ4v) is 4.17. The van der Waals surface area contributed by atoms with Gasteiger partial charge in [0, 0.05) is 18.9 Å². The van der Waals surface area contributed by atoms with Gasteiger partial charge in [-0.05, 0) is 22.3 Å². The van der Waals surface area contributed by atoms with Gasteiger partial charge in [0.05, 0.1) is 13.2 Å². The number of alkyl halides is 2. The van der Waals surface area contributed by atoms with E-state index in [0.29, 0.717) is 0 Å². The Bertz CT molecular complexity index is 1040. The lowest BCUT2D eigenvalue weighted by molar-refractivity contribution is -0.164. The quantitative estimate of drug-likeness (QED) is 0.585. The second kappa shape index (κ2) is 8.78. The Balaban J connectivity index is 1.42. The second-order valence-electron chi connectivity index (χ2n) is 8.03. The lowest BCUT2D eigenvalue weighted by Gasteiger charge is -2.28. The molecule has 4 rings (SSSR count). The fourth-order valence-electron chi connectivity index (χ4n) is 4.17. The Morgan fingerprint density at radius 2 is 1.70 bits per heavy atom. The molecule has 174 valence electrons. The Hall–Kier alpha value is -3.53. The normalized spacial score (nSPS) is 19.5. The van der Waals surface area contributed by atoms with Crippen LogP contribution >= 0.6 is 0 Å². The van der Waals surface area contributed by atoms with Crippen molar-refractivity contribution in [1.29, 1.82) is 0 Å². The molecule has 8 nitrogen and oxygen atoms in total. The highest BCUT2D eigenvalue weighted by Gasteiger charge is 2.47. The number of carbonyl (C=O) groups excluding carboxylic acids is 2. The van der Waals surface area contributed by atoms with Gasteiger partial charge in [0.1, 0.15) is 12.1 Å². The van der Waals surface area contributed by atoms with Crippen LogP contribution in [0.2, 0.25) is 0 Å². The molecule has 0 spiro atoms. The highest BCUT2D eigenvalue weighted by Crippen LogP contribution is 2.44. The maximum Gasteiger partial charge on any atom is 0.408 e. The van der Waals surface area contributed by atoms with Crippen LogP contribution in [0.5, 0.6) is 0 Å². The molecule has 1 saturated heterocycles. The summed E-state index contributed by atoms with van der Waals surface area (Å²) in [6.07, 6.45) is -0.871. The molecular formula is C23H22F2N2O6. The molecule has 2 aromatic carbocycles. The van der Waals surface area contributed by atoms with Crippen LogP contribution in [0.4, 0.5) is 13.6 Å². The number of amides is 2. The van der Waals surface area contributed by atoms with E-state index in [2.05, 4.69) is 5.32 Å². The number of alkyl carbamates (subject to hydrolysis) is 1. The molecule has 10 heteroatoms. The molecule has 1 aliphatic heterocycles. The number of nitrogens with one attached hydrogen (secondary N) is 2. The summed E-state index contributed by atoms with van der Waals surface area (Å²) in [6.45, 7) is -1.53. The summed E-state index contributed by atoms with van der Waals surface area (Å²) >= 11 is 0. The molecule has 0 aromatic heterocycles. The Morgan fingerprint density at radius 1 is 1.09 bits per heavy atom. The maximum atomic E-state index is 13.4. The monoisotopic (exact) mass is 460 g/mol.